The van der Waals surface area contributed by atoms with E-state index in [-0.39, 0.29) is 5.91 Å². The highest BCUT2D eigenvalue weighted by Crippen LogP contribution is 2.15. The van der Waals surface area contributed by atoms with Gasteiger partial charge in [-0.15, -0.1) is 0 Å². The van der Waals surface area contributed by atoms with Crippen LogP contribution < -0.4 is 11.1 Å². The Kier molecular flexibility index (Phi) is 2.67. The summed E-state index contributed by atoms with van der Waals surface area (Å²) in [5, 5.41) is 9.03. The van der Waals surface area contributed by atoms with Crippen LogP contribution in [-0.4, -0.2) is 22.6 Å². The Morgan fingerprint density at radius 3 is 2.92 bits per heavy atom. The fraction of sp³-hybridized carbons (Fsp3) is 0.500. The summed E-state index contributed by atoms with van der Waals surface area (Å²) in [5.41, 5.74) is 4.90. The van der Waals surface area contributed by atoms with Crippen molar-refractivity contribution in [2.45, 2.75) is 13.8 Å². The lowest BCUT2D eigenvalue weighted by atomic mass is 9.93. The average molecular weight is 182 g/mol. The molecule has 0 aliphatic heterocycles. The molecule has 0 bridgehead atoms. The lowest BCUT2D eigenvalue weighted by molar-refractivity contribution is -0.123. The van der Waals surface area contributed by atoms with Gasteiger partial charge in [-0.2, -0.15) is 5.10 Å². The summed E-state index contributed by atoms with van der Waals surface area (Å²) in [6, 6.07) is 1.69. The number of anilines is 1. The van der Waals surface area contributed by atoms with Gasteiger partial charge in [0, 0.05) is 12.6 Å². The molecule has 5 heteroatoms. The van der Waals surface area contributed by atoms with E-state index >= 15 is 0 Å². The second-order valence-electron chi connectivity index (χ2n) is 3.51. The maximum atomic E-state index is 11.5. The molecular formula is C8H14N4O. The molecule has 72 valence electrons. The van der Waals surface area contributed by atoms with Gasteiger partial charge in [-0.05, 0) is 13.8 Å². The van der Waals surface area contributed by atoms with Crippen molar-refractivity contribution >= 4 is 11.7 Å². The first-order valence-electron chi connectivity index (χ1n) is 4.07. The molecular weight excluding hydrogens is 168 g/mol. The van der Waals surface area contributed by atoms with E-state index < -0.39 is 5.41 Å². The Labute approximate surface area is 76.7 Å². The molecule has 0 fully saturated rings. The van der Waals surface area contributed by atoms with E-state index in [0.29, 0.717) is 12.4 Å². The van der Waals surface area contributed by atoms with Crippen LogP contribution in [0.4, 0.5) is 5.82 Å². The second kappa shape index (κ2) is 3.57. The van der Waals surface area contributed by atoms with Crippen molar-refractivity contribution < 1.29 is 4.79 Å². The van der Waals surface area contributed by atoms with Crippen LogP contribution in [0.3, 0.4) is 0 Å². The average Bonchev–Trinajstić information content (AvgIpc) is 2.57. The highest BCUT2D eigenvalue weighted by molar-refractivity contribution is 5.94. The number of aromatic nitrogens is 2. The Balaban J connectivity index is 2.61. The summed E-state index contributed by atoms with van der Waals surface area (Å²) >= 11 is 0. The SMILES string of the molecule is CC(C)(CN)C(=O)Nc1ccn[nH]1. The molecule has 1 aromatic rings. The predicted molar refractivity (Wildman–Crippen MR) is 50.1 cm³/mol. The third-order valence-corrected chi connectivity index (χ3v) is 1.87. The van der Waals surface area contributed by atoms with Gasteiger partial charge in [0.1, 0.15) is 5.82 Å². The van der Waals surface area contributed by atoms with E-state index in [1.165, 1.54) is 0 Å². The van der Waals surface area contributed by atoms with Gasteiger partial charge in [0.25, 0.3) is 0 Å². The van der Waals surface area contributed by atoms with Crippen molar-refractivity contribution in [1.29, 1.82) is 0 Å². The molecule has 13 heavy (non-hydrogen) atoms. The van der Waals surface area contributed by atoms with Crippen LogP contribution in [0, 0.1) is 5.41 Å². The molecule has 0 spiro atoms. The van der Waals surface area contributed by atoms with Crippen LogP contribution >= 0.6 is 0 Å². The highest BCUT2D eigenvalue weighted by Gasteiger charge is 2.25. The van der Waals surface area contributed by atoms with E-state index in [1.807, 2.05) is 0 Å². The number of hydrogen-bond donors (Lipinski definition) is 3. The zero-order valence-electron chi connectivity index (χ0n) is 7.79. The van der Waals surface area contributed by atoms with Crippen molar-refractivity contribution in [3.63, 3.8) is 0 Å². The van der Waals surface area contributed by atoms with Crippen molar-refractivity contribution in [1.82, 2.24) is 10.2 Å². The van der Waals surface area contributed by atoms with Crippen molar-refractivity contribution in [3.05, 3.63) is 12.3 Å². The number of aromatic amines is 1. The molecule has 1 heterocycles. The summed E-state index contributed by atoms with van der Waals surface area (Å²) in [6.07, 6.45) is 1.57. The van der Waals surface area contributed by atoms with E-state index in [1.54, 1.807) is 26.1 Å². The van der Waals surface area contributed by atoms with Crippen LogP contribution in [0.1, 0.15) is 13.8 Å². The van der Waals surface area contributed by atoms with E-state index in [2.05, 4.69) is 15.5 Å². The molecule has 0 aromatic carbocycles. The largest absolute Gasteiger partial charge is 0.329 e. The lowest BCUT2D eigenvalue weighted by Gasteiger charge is -2.20. The van der Waals surface area contributed by atoms with Gasteiger partial charge in [-0.3, -0.25) is 9.89 Å². The van der Waals surface area contributed by atoms with Crippen LogP contribution in [-0.2, 0) is 4.79 Å². The summed E-state index contributed by atoms with van der Waals surface area (Å²) in [4.78, 5) is 11.5. The number of H-pyrrole nitrogens is 1. The molecule has 0 aliphatic carbocycles. The Morgan fingerprint density at radius 2 is 2.46 bits per heavy atom. The summed E-state index contributed by atoms with van der Waals surface area (Å²) < 4.78 is 0. The minimum atomic E-state index is -0.550. The topological polar surface area (TPSA) is 83.8 Å². The Bertz CT molecular complexity index is 278. The fourth-order valence-electron chi connectivity index (χ4n) is 0.710. The molecule has 1 rings (SSSR count). The zero-order chi connectivity index (χ0) is 9.90. The van der Waals surface area contributed by atoms with Gasteiger partial charge < -0.3 is 11.1 Å². The second-order valence-corrected chi connectivity index (χ2v) is 3.51. The maximum absolute atomic E-state index is 11.5. The number of hydrogen-bond acceptors (Lipinski definition) is 3. The third-order valence-electron chi connectivity index (χ3n) is 1.87. The molecule has 0 saturated carbocycles. The Morgan fingerprint density at radius 1 is 1.77 bits per heavy atom. The standard InChI is InChI=1S/C8H14N4O/c1-8(2,5-9)7(13)11-6-3-4-10-12-6/h3-4H,5,9H2,1-2H3,(H2,10,11,12,13). The first kappa shape index (κ1) is 9.73. The monoisotopic (exact) mass is 182 g/mol. The van der Waals surface area contributed by atoms with Crippen molar-refractivity contribution in [2.24, 2.45) is 11.1 Å². The van der Waals surface area contributed by atoms with Crippen molar-refractivity contribution in [2.75, 3.05) is 11.9 Å². The first-order chi connectivity index (χ1) is 6.06. The minimum Gasteiger partial charge on any atom is -0.329 e. The summed E-state index contributed by atoms with van der Waals surface area (Å²) in [5.74, 6) is 0.478. The van der Waals surface area contributed by atoms with E-state index in [0.717, 1.165) is 0 Å². The van der Waals surface area contributed by atoms with Gasteiger partial charge in [-0.25, -0.2) is 0 Å². The molecule has 5 nitrogen and oxygen atoms in total. The minimum absolute atomic E-state index is 0.112. The highest BCUT2D eigenvalue weighted by atomic mass is 16.2. The molecule has 0 unspecified atom stereocenters. The number of rotatable bonds is 3. The molecule has 1 aromatic heterocycles. The van der Waals surface area contributed by atoms with Crippen LogP contribution in [0.25, 0.3) is 0 Å². The summed E-state index contributed by atoms with van der Waals surface area (Å²) in [6.45, 7) is 3.89. The number of nitrogens with zero attached hydrogens (tertiary/aromatic N) is 1. The van der Waals surface area contributed by atoms with Gasteiger partial charge in [0.2, 0.25) is 5.91 Å². The number of amides is 1. The molecule has 0 atom stereocenters. The number of nitrogens with one attached hydrogen (secondary N) is 2. The molecule has 0 aliphatic rings. The van der Waals surface area contributed by atoms with Gasteiger partial charge in [0.05, 0.1) is 11.6 Å². The predicted octanol–water partition coefficient (Wildman–Crippen LogP) is 0.333. The maximum Gasteiger partial charge on any atom is 0.232 e. The number of carbonyl (C=O) groups is 1. The first-order valence-corrected chi connectivity index (χ1v) is 4.07. The van der Waals surface area contributed by atoms with Crippen molar-refractivity contribution in [3.8, 4) is 0 Å². The molecule has 1 amide bonds. The third kappa shape index (κ3) is 2.29. The van der Waals surface area contributed by atoms with Crippen LogP contribution in [0.15, 0.2) is 12.3 Å². The van der Waals surface area contributed by atoms with Gasteiger partial charge >= 0.3 is 0 Å². The fourth-order valence-corrected chi connectivity index (χ4v) is 0.710. The van der Waals surface area contributed by atoms with Gasteiger partial charge in [0.15, 0.2) is 0 Å². The Hall–Kier alpha value is -1.36. The molecule has 0 saturated heterocycles. The zero-order valence-corrected chi connectivity index (χ0v) is 7.79. The quantitative estimate of drug-likeness (QED) is 0.630. The molecule has 0 radical (unpaired) electrons. The normalized spacial score (nSPS) is 11.3. The lowest BCUT2D eigenvalue weighted by Crippen LogP contribution is -2.37. The van der Waals surface area contributed by atoms with E-state index in [9.17, 15) is 4.79 Å². The van der Waals surface area contributed by atoms with Gasteiger partial charge in [-0.1, -0.05) is 0 Å². The van der Waals surface area contributed by atoms with E-state index in [4.69, 9.17) is 5.73 Å². The van der Waals surface area contributed by atoms with Crippen LogP contribution in [0.5, 0.6) is 0 Å². The number of carbonyl (C=O) groups excluding carboxylic acids is 1. The smallest absolute Gasteiger partial charge is 0.232 e. The summed E-state index contributed by atoms with van der Waals surface area (Å²) in [7, 11) is 0. The van der Waals surface area contributed by atoms with Crippen LogP contribution in [0.2, 0.25) is 0 Å². The number of nitrogens with two attached hydrogens (primary N) is 1. The molecule has 4 N–H and O–H groups in total.